The lowest BCUT2D eigenvalue weighted by atomic mass is 9.92. The summed E-state index contributed by atoms with van der Waals surface area (Å²) in [5.74, 6) is 0.878. The summed E-state index contributed by atoms with van der Waals surface area (Å²) in [6.45, 7) is 0. The molecule has 0 aromatic heterocycles. The van der Waals surface area contributed by atoms with Crippen molar-refractivity contribution < 1.29 is 8.42 Å². The fraction of sp³-hybridized carbons (Fsp3) is 0.462. The van der Waals surface area contributed by atoms with Crippen molar-refractivity contribution in [3.8, 4) is 6.07 Å². The molecule has 1 aliphatic heterocycles. The number of nitrogens with zero attached hydrogens (tertiary/aromatic N) is 1. The summed E-state index contributed by atoms with van der Waals surface area (Å²) in [6.07, 6.45) is 2.86. The maximum atomic E-state index is 11.6. The zero-order valence-corrected chi connectivity index (χ0v) is 10.3. The van der Waals surface area contributed by atoms with Gasteiger partial charge in [-0.05, 0) is 47.9 Å². The number of hydrogen-bond donors (Lipinski definition) is 0. The SMILES string of the molecule is N#Cc1ccc2c(c1C1CC1)CCS(=O)(=O)C2. The Kier molecular flexibility index (Phi) is 2.27. The molecule has 0 spiro atoms. The van der Waals surface area contributed by atoms with Gasteiger partial charge in [0, 0.05) is 0 Å². The van der Waals surface area contributed by atoms with Crippen molar-refractivity contribution in [2.45, 2.75) is 30.9 Å². The van der Waals surface area contributed by atoms with E-state index in [-0.39, 0.29) is 11.5 Å². The molecule has 0 bridgehead atoms. The maximum absolute atomic E-state index is 11.6. The Hall–Kier alpha value is -1.34. The molecule has 0 atom stereocenters. The highest BCUT2D eigenvalue weighted by atomic mass is 32.2. The van der Waals surface area contributed by atoms with Gasteiger partial charge in [-0.1, -0.05) is 6.07 Å². The second kappa shape index (κ2) is 3.58. The van der Waals surface area contributed by atoms with E-state index < -0.39 is 9.84 Å². The number of hydrogen-bond acceptors (Lipinski definition) is 3. The molecule has 0 unspecified atom stereocenters. The Bertz CT molecular complexity index is 622. The van der Waals surface area contributed by atoms with Gasteiger partial charge in [-0.15, -0.1) is 0 Å². The van der Waals surface area contributed by atoms with E-state index in [0.717, 1.165) is 35.1 Å². The third-order valence-electron chi connectivity index (χ3n) is 3.60. The first-order valence-electron chi connectivity index (χ1n) is 5.86. The van der Waals surface area contributed by atoms with Crippen LogP contribution < -0.4 is 0 Å². The normalized spacial score (nSPS) is 21.6. The minimum Gasteiger partial charge on any atom is -0.228 e. The van der Waals surface area contributed by atoms with E-state index in [4.69, 9.17) is 5.26 Å². The van der Waals surface area contributed by atoms with Gasteiger partial charge in [0.15, 0.2) is 9.84 Å². The van der Waals surface area contributed by atoms with Gasteiger partial charge in [0.2, 0.25) is 0 Å². The van der Waals surface area contributed by atoms with Crippen LogP contribution in [0.25, 0.3) is 0 Å². The minimum atomic E-state index is -2.92. The molecule has 17 heavy (non-hydrogen) atoms. The molecule has 3 nitrogen and oxygen atoms in total. The van der Waals surface area contributed by atoms with Gasteiger partial charge in [-0.25, -0.2) is 8.42 Å². The largest absolute Gasteiger partial charge is 0.228 e. The molecule has 1 aromatic carbocycles. The zero-order chi connectivity index (χ0) is 12.0. The lowest BCUT2D eigenvalue weighted by Gasteiger charge is -2.20. The van der Waals surface area contributed by atoms with Gasteiger partial charge in [0.05, 0.1) is 23.1 Å². The topological polar surface area (TPSA) is 57.9 Å². The fourth-order valence-electron chi connectivity index (χ4n) is 2.64. The highest BCUT2D eigenvalue weighted by Gasteiger charge is 2.32. The van der Waals surface area contributed by atoms with E-state index in [1.807, 2.05) is 6.07 Å². The van der Waals surface area contributed by atoms with Crippen molar-refractivity contribution >= 4 is 9.84 Å². The quantitative estimate of drug-likeness (QED) is 0.761. The monoisotopic (exact) mass is 247 g/mol. The second-order valence-electron chi connectivity index (χ2n) is 4.89. The van der Waals surface area contributed by atoms with Crippen LogP contribution in [0.5, 0.6) is 0 Å². The Labute approximate surface area is 101 Å². The number of nitriles is 1. The Morgan fingerprint density at radius 3 is 2.71 bits per heavy atom. The van der Waals surface area contributed by atoms with Crippen molar-refractivity contribution in [1.82, 2.24) is 0 Å². The van der Waals surface area contributed by atoms with Gasteiger partial charge < -0.3 is 0 Å². The van der Waals surface area contributed by atoms with Crippen LogP contribution >= 0.6 is 0 Å². The predicted molar refractivity (Wildman–Crippen MR) is 64.3 cm³/mol. The Morgan fingerprint density at radius 1 is 1.29 bits per heavy atom. The van der Waals surface area contributed by atoms with E-state index in [2.05, 4.69) is 6.07 Å². The minimum absolute atomic E-state index is 0.147. The summed E-state index contributed by atoms with van der Waals surface area (Å²) in [5, 5.41) is 9.13. The van der Waals surface area contributed by atoms with Crippen LogP contribution in [0.2, 0.25) is 0 Å². The van der Waals surface area contributed by atoms with Crippen molar-refractivity contribution in [2.75, 3.05) is 5.75 Å². The maximum Gasteiger partial charge on any atom is 0.154 e. The number of sulfone groups is 1. The summed E-state index contributed by atoms with van der Waals surface area (Å²) in [4.78, 5) is 0. The molecule has 1 saturated carbocycles. The average molecular weight is 247 g/mol. The van der Waals surface area contributed by atoms with Gasteiger partial charge in [-0.3, -0.25) is 0 Å². The molecule has 88 valence electrons. The zero-order valence-electron chi connectivity index (χ0n) is 9.44. The first-order valence-corrected chi connectivity index (χ1v) is 7.68. The number of rotatable bonds is 1. The van der Waals surface area contributed by atoms with E-state index in [0.29, 0.717) is 12.3 Å². The molecule has 0 radical (unpaired) electrons. The van der Waals surface area contributed by atoms with Crippen LogP contribution in [0.15, 0.2) is 12.1 Å². The van der Waals surface area contributed by atoms with Crippen molar-refractivity contribution in [1.29, 1.82) is 5.26 Å². The molecule has 2 aliphatic rings. The first-order chi connectivity index (χ1) is 8.11. The molecule has 1 aromatic rings. The van der Waals surface area contributed by atoms with Crippen LogP contribution in [0.4, 0.5) is 0 Å². The summed E-state index contributed by atoms with van der Waals surface area (Å²) in [7, 11) is -2.92. The van der Waals surface area contributed by atoms with E-state index in [9.17, 15) is 8.42 Å². The third kappa shape index (κ3) is 1.85. The van der Waals surface area contributed by atoms with Gasteiger partial charge in [0.25, 0.3) is 0 Å². The van der Waals surface area contributed by atoms with Crippen LogP contribution in [0, 0.1) is 11.3 Å². The van der Waals surface area contributed by atoms with Crippen LogP contribution in [-0.4, -0.2) is 14.2 Å². The molecule has 4 heteroatoms. The highest BCUT2D eigenvalue weighted by Crippen LogP contribution is 2.45. The third-order valence-corrected chi connectivity index (χ3v) is 5.18. The molecule has 1 heterocycles. The summed E-state index contributed by atoms with van der Waals surface area (Å²) >= 11 is 0. The summed E-state index contributed by atoms with van der Waals surface area (Å²) in [6, 6.07) is 5.84. The van der Waals surface area contributed by atoms with Crippen LogP contribution in [0.1, 0.15) is 41.0 Å². The second-order valence-corrected chi connectivity index (χ2v) is 7.08. The number of benzene rings is 1. The summed E-state index contributed by atoms with van der Waals surface area (Å²) in [5.41, 5.74) is 3.93. The lowest BCUT2D eigenvalue weighted by Crippen LogP contribution is -2.20. The standard InChI is InChI=1S/C13H13NO2S/c14-7-10-3-4-11-8-17(15,16)6-5-12(11)13(10)9-1-2-9/h3-4,9H,1-2,5-6,8H2. The van der Waals surface area contributed by atoms with E-state index >= 15 is 0 Å². The molecule has 0 amide bonds. The van der Waals surface area contributed by atoms with Crippen molar-refractivity contribution in [3.63, 3.8) is 0 Å². The van der Waals surface area contributed by atoms with Crippen molar-refractivity contribution in [3.05, 3.63) is 34.4 Å². The van der Waals surface area contributed by atoms with Gasteiger partial charge in [0.1, 0.15) is 0 Å². The van der Waals surface area contributed by atoms with E-state index in [1.54, 1.807) is 6.07 Å². The first kappa shape index (κ1) is 10.8. The number of fused-ring (bicyclic) bond motifs is 1. The Balaban J connectivity index is 2.17. The fourth-order valence-corrected chi connectivity index (χ4v) is 4.05. The van der Waals surface area contributed by atoms with Crippen LogP contribution in [0.3, 0.4) is 0 Å². The predicted octanol–water partition coefficient (Wildman–Crippen LogP) is 1.91. The molecule has 3 rings (SSSR count). The molecule has 1 fully saturated rings. The van der Waals surface area contributed by atoms with Crippen LogP contribution in [-0.2, 0) is 22.0 Å². The van der Waals surface area contributed by atoms with Gasteiger partial charge >= 0.3 is 0 Å². The molecular weight excluding hydrogens is 234 g/mol. The lowest BCUT2D eigenvalue weighted by molar-refractivity contribution is 0.591. The highest BCUT2D eigenvalue weighted by molar-refractivity contribution is 7.90. The molecular formula is C13H13NO2S. The smallest absolute Gasteiger partial charge is 0.154 e. The molecule has 1 aliphatic carbocycles. The van der Waals surface area contributed by atoms with E-state index in [1.165, 1.54) is 0 Å². The molecule has 0 N–H and O–H groups in total. The van der Waals surface area contributed by atoms with Gasteiger partial charge in [-0.2, -0.15) is 5.26 Å². The Morgan fingerprint density at radius 2 is 2.06 bits per heavy atom. The van der Waals surface area contributed by atoms with Crippen molar-refractivity contribution in [2.24, 2.45) is 0 Å². The molecule has 0 saturated heterocycles. The summed E-state index contributed by atoms with van der Waals surface area (Å²) < 4.78 is 23.2. The average Bonchev–Trinajstić information content (AvgIpc) is 3.10.